The van der Waals surface area contributed by atoms with Gasteiger partial charge in [0.15, 0.2) is 22.5 Å². The minimum absolute atomic E-state index is 0.149. The molecule has 6 heterocycles. The number of hydrogen-bond acceptors (Lipinski definition) is 8. The molecule has 7 rings (SSSR count). The van der Waals surface area contributed by atoms with Crippen LogP contribution < -0.4 is 22.5 Å². The topological polar surface area (TPSA) is 149 Å². The number of fused-ring (bicyclic) bond motifs is 11. The van der Waals surface area contributed by atoms with E-state index >= 15 is 0 Å². The zero-order chi connectivity index (χ0) is 31.2. The Hall–Kier alpha value is -4.88. The van der Waals surface area contributed by atoms with Crippen molar-refractivity contribution in [1.82, 2.24) is 47.8 Å². The number of nitrogens with zero attached hydrogens (tertiary/aromatic N) is 10. The van der Waals surface area contributed by atoms with E-state index in [4.69, 9.17) is 0 Å². The largest absolute Gasteiger partial charge is 0.332 e. The summed E-state index contributed by atoms with van der Waals surface area (Å²) in [5.41, 5.74) is 4.16. The molecule has 0 amide bonds. The summed E-state index contributed by atoms with van der Waals surface area (Å²) in [6, 6.07) is 0. The molecule has 0 aliphatic heterocycles. The van der Waals surface area contributed by atoms with Crippen LogP contribution in [-0.2, 0) is 54.1 Å². The molecule has 0 fully saturated rings. The molecule has 0 N–H and O–H groups in total. The molecule has 0 aromatic carbocycles. The SMILES string of the molecule is CCCCn1c2c(c3c4c(=O)n(C)c(=O)n(C)c4nnc31)CCc1c-2n(CCCC)c2nnc3c(=O)n(C)c(=O)n(C)c3c12. The highest BCUT2D eigenvalue weighted by molar-refractivity contribution is 6.10. The fourth-order valence-electron chi connectivity index (χ4n) is 6.94. The molecular formula is C30H34N10O4. The molecule has 1 aliphatic rings. The van der Waals surface area contributed by atoms with Crippen molar-refractivity contribution in [3.05, 3.63) is 52.8 Å². The molecule has 0 unspecified atom stereocenters. The van der Waals surface area contributed by atoms with Crippen molar-refractivity contribution in [3.63, 3.8) is 0 Å². The maximum Gasteiger partial charge on any atom is 0.332 e. The predicted molar refractivity (Wildman–Crippen MR) is 167 cm³/mol. The van der Waals surface area contributed by atoms with Crippen molar-refractivity contribution in [2.75, 3.05) is 0 Å². The molecule has 14 nitrogen and oxygen atoms in total. The third-order valence-corrected chi connectivity index (χ3v) is 9.24. The molecule has 6 aromatic rings. The molecule has 0 bridgehead atoms. The molecule has 0 radical (unpaired) electrons. The van der Waals surface area contributed by atoms with Crippen LogP contribution in [0.15, 0.2) is 19.2 Å². The van der Waals surface area contributed by atoms with Crippen molar-refractivity contribution in [2.45, 2.75) is 65.5 Å². The van der Waals surface area contributed by atoms with Crippen molar-refractivity contribution < 1.29 is 0 Å². The smallest absolute Gasteiger partial charge is 0.322 e. The average molecular weight is 599 g/mol. The second-order valence-electron chi connectivity index (χ2n) is 11.8. The summed E-state index contributed by atoms with van der Waals surface area (Å²) in [6.45, 7) is 5.54. The Morgan fingerprint density at radius 1 is 0.568 bits per heavy atom. The first-order valence-electron chi connectivity index (χ1n) is 15.1. The molecule has 0 saturated carbocycles. The highest BCUT2D eigenvalue weighted by atomic mass is 16.2. The lowest BCUT2D eigenvalue weighted by Crippen LogP contribution is -2.37. The van der Waals surface area contributed by atoms with Gasteiger partial charge in [-0.05, 0) is 36.8 Å². The van der Waals surface area contributed by atoms with E-state index in [0.717, 1.165) is 62.7 Å². The van der Waals surface area contributed by atoms with E-state index in [9.17, 15) is 19.2 Å². The zero-order valence-electron chi connectivity index (χ0n) is 25.8. The van der Waals surface area contributed by atoms with Crippen molar-refractivity contribution in [3.8, 4) is 11.4 Å². The van der Waals surface area contributed by atoms with Gasteiger partial charge in [-0.3, -0.25) is 27.9 Å². The second kappa shape index (κ2) is 9.82. The standard InChI is InChI=1S/C30H34N10O4/c1-7-9-13-39-21-15(17-19-24(32-34-25(17)39)36(4)30(44)37(5)27(19)41)11-12-16-18-23-20(28(42)38(6)29(43)35(23)3)31-33-26(18)40(22(16)21)14-10-8-2/h7-14H2,1-6H3. The van der Waals surface area contributed by atoms with Gasteiger partial charge in [0.2, 0.25) is 0 Å². The first-order chi connectivity index (χ1) is 21.1. The van der Waals surface area contributed by atoms with E-state index in [1.807, 2.05) is 0 Å². The van der Waals surface area contributed by atoms with Crippen LogP contribution in [0.2, 0.25) is 0 Å². The van der Waals surface area contributed by atoms with E-state index in [-0.39, 0.29) is 11.2 Å². The molecule has 0 saturated heterocycles. The maximum absolute atomic E-state index is 13.7. The van der Waals surface area contributed by atoms with Crippen LogP contribution >= 0.6 is 0 Å². The first kappa shape index (κ1) is 27.9. The van der Waals surface area contributed by atoms with Crippen LogP contribution in [-0.4, -0.2) is 47.8 Å². The average Bonchev–Trinajstić information content (AvgIpc) is 3.53. The first-order valence-corrected chi connectivity index (χ1v) is 15.1. The van der Waals surface area contributed by atoms with Crippen LogP contribution in [0, 0.1) is 0 Å². The summed E-state index contributed by atoms with van der Waals surface area (Å²) in [5, 5.41) is 19.9. The summed E-state index contributed by atoms with van der Waals surface area (Å²) in [7, 11) is 6.19. The van der Waals surface area contributed by atoms with Gasteiger partial charge in [0.25, 0.3) is 11.1 Å². The van der Waals surface area contributed by atoms with Crippen LogP contribution in [0.3, 0.4) is 0 Å². The van der Waals surface area contributed by atoms with Gasteiger partial charge in [0.05, 0.1) is 27.7 Å². The summed E-state index contributed by atoms with van der Waals surface area (Å²) in [4.78, 5) is 52.7. The molecule has 0 atom stereocenters. The summed E-state index contributed by atoms with van der Waals surface area (Å²) in [6.07, 6.45) is 4.81. The predicted octanol–water partition coefficient (Wildman–Crippen LogP) is 1.64. The number of aryl methyl sites for hydroxylation is 6. The summed E-state index contributed by atoms with van der Waals surface area (Å²) < 4.78 is 9.34. The van der Waals surface area contributed by atoms with Gasteiger partial charge in [0.1, 0.15) is 0 Å². The highest BCUT2D eigenvalue weighted by Gasteiger charge is 2.34. The van der Waals surface area contributed by atoms with Crippen molar-refractivity contribution >= 4 is 44.1 Å². The van der Waals surface area contributed by atoms with Gasteiger partial charge in [-0.2, -0.15) is 0 Å². The Labute approximate surface area is 249 Å². The number of rotatable bonds is 6. The molecule has 6 aromatic heterocycles. The van der Waals surface area contributed by atoms with Gasteiger partial charge in [-0.25, -0.2) is 9.59 Å². The molecule has 228 valence electrons. The van der Waals surface area contributed by atoms with E-state index < -0.39 is 22.5 Å². The lowest BCUT2D eigenvalue weighted by atomic mass is 9.91. The molecule has 0 spiro atoms. The Morgan fingerprint density at radius 2 is 1.07 bits per heavy atom. The summed E-state index contributed by atoms with van der Waals surface area (Å²) in [5.74, 6) is 0. The van der Waals surface area contributed by atoms with Crippen LogP contribution in [0.4, 0.5) is 0 Å². The van der Waals surface area contributed by atoms with E-state index in [0.29, 0.717) is 53.5 Å². The van der Waals surface area contributed by atoms with Gasteiger partial charge >= 0.3 is 11.4 Å². The van der Waals surface area contributed by atoms with Gasteiger partial charge in [0, 0.05) is 46.7 Å². The molecule has 14 heteroatoms. The number of aromatic nitrogens is 10. The van der Waals surface area contributed by atoms with E-state index in [1.165, 1.54) is 23.2 Å². The Kier molecular flexibility index (Phi) is 6.23. The van der Waals surface area contributed by atoms with Gasteiger partial charge in [-0.15, -0.1) is 20.4 Å². The van der Waals surface area contributed by atoms with Crippen molar-refractivity contribution in [2.24, 2.45) is 28.2 Å². The third-order valence-electron chi connectivity index (χ3n) is 9.24. The molecule has 1 aliphatic carbocycles. The number of hydrogen-bond donors (Lipinski definition) is 0. The van der Waals surface area contributed by atoms with Gasteiger partial charge < -0.3 is 9.13 Å². The Balaban J connectivity index is 1.71. The summed E-state index contributed by atoms with van der Waals surface area (Å²) >= 11 is 0. The normalized spacial score (nSPS) is 13.0. The minimum atomic E-state index is -0.482. The van der Waals surface area contributed by atoms with Crippen LogP contribution in [0.25, 0.3) is 55.5 Å². The lowest BCUT2D eigenvalue weighted by molar-refractivity contribution is 0.623. The minimum Gasteiger partial charge on any atom is -0.322 e. The van der Waals surface area contributed by atoms with Crippen LogP contribution in [0.1, 0.15) is 50.7 Å². The van der Waals surface area contributed by atoms with Gasteiger partial charge in [-0.1, -0.05) is 26.7 Å². The fourth-order valence-corrected chi connectivity index (χ4v) is 6.94. The zero-order valence-corrected chi connectivity index (χ0v) is 25.8. The van der Waals surface area contributed by atoms with Crippen molar-refractivity contribution in [1.29, 1.82) is 0 Å². The fraction of sp³-hybridized carbons (Fsp3) is 0.467. The highest BCUT2D eigenvalue weighted by Crippen LogP contribution is 2.45. The quantitative estimate of drug-likeness (QED) is 0.281. The van der Waals surface area contributed by atoms with E-state index in [2.05, 4.69) is 43.4 Å². The Bertz CT molecular complexity index is 2450. The second-order valence-corrected chi connectivity index (χ2v) is 11.8. The third kappa shape index (κ3) is 3.47. The molecular weight excluding hydrogens is 564 g/mol. The maximum atomic E-state index is 13.7. The van der Waals surface area contributed by atoms with Crippen LogP contribution in [0.5, 0.6) is 0 Å². The monoisotopic (exact) mass is 598 g/mol. The number of unbranched alkanes of at least 4 members (excludes halogenated alkanes) is 2. The van der Waals surface area contributed by atoms with E-state index in [1.54, 1.807) is 14.1 Å². The Morgan fingerprint density at radius 3 is 1.68 bits per heavy atom. The lowest BCUT2D eigenvalue weighted by Gasteiger charge is -2.20. The molecule has 44 heavy (non-hydrogen) atoms.